The van der Waals surface area contributed by atoms with Crippen LogP contribution >= 0.6 is 15.9 Å². The molecular weight excluding hydrogens is 295 g/mol. The molecule has 8 heteroatoms. The summed E-state index contributed by atoms with van der Waals surface area (Å²) in [7, 11) is 0. The normalized spacial score (nSPS) is 11.3. The Bertz CT molecular complexity index is 410. The second-order valence-corrected chi connectivity index (χ2v) is 3.73. The van der Waals surface area contributed by atoms with Gasteiger partial charge < -0.3 is 4.74 Å². The second kappa shape index (κ2) is 4.28. The SMILES string of the molecule is Cc1cc(OC(F)(F)F)cc(Br)c1[N+](=O)[O-]. The maximum atomic E-state index is 11.9. The van der Waals surface area contributed by atoms with E-state index in [1.165, 1.54) is 6.92 Å². The van der Waals surface area contributed by atoms with E-state index in [2.05, 4.69) is 20.7 Å². The van der Waals surface area contributed by atoms with E-state index in [-0.39, 0.29) is 15.7 Å². The van der Waals surface area contributed by atoms with E-state index in [9.17, 15) is 23.3 Å². The molecule has 0 unspecified atom stereocenters. The van der Waals surface area contributed by atoms with Crippen molar-refractivity contribution in [2.24, 2.45) is 0 Å². The summed E-state index contributed by atoms with van der Waals surface area (Å²) in [5.41, 5.74) is -0.201. The Morgan fingerprint density at radius 1 is 1.44 bits per heavy atom. The average Bonchev–Trinajstić information content (AvgIpc) is 1.96. The van der Waals surface area contributed by atoms with E-state index in [0.29, 0.717) is 0 Å². The summed E-state index contributed by atoms with van der Waals surface area (Å²) < 4.78 is 39.3. The fourth-order valence-corrected chi connectivity index (χ4v) is 1.81. The number of nitrogens with zero attached hydrogens (tertiary/aromatic N) is 1. The fraction of sp³-hybridized carbons (Fsp3) is 0.250. The summed E-state index contributed by atoms with van der Waals surface area (Å²) in [6.45, 7) is 1.33. The van der Waals surface area contributed by atoms with Crippen LogP contribution in [-0.2, 0) is 0 Å². The van der Waals surface area contributed by atoms with Gasteiger partial charge in [0, 0.05) is 11.6 Å². The lowest BCUT2D eigenvalue weighted by Gasteiger charge is -2.10. The first-order valence-corrected chi connectivity index (χ1v) is 4.70. The quantitative estimate of drug-likeness (QED) is 0.620. The van der Waals surface area contributed by atoms with Crippen LogP contribution in [0.15, 0.2) is 16.6 Å². The van der Waals surface area contributed by atoms with Gasteiger partial charge in [-0.1, -0.05) is 0 Å². The Labute approximate surface area is 96.3 Å². The molecule has 0 spiro atoms. The lowest BCUT2D eigenvalue weighted by atomic mass is 10.2. The largest absolute Gasteiger partial charge is 0.573 e. The predicted octanol–water partition coefficient (Wildman–Crippen LogP) is 3.56. The molecule has 16 heavy (non-hydrogen) atoms. The molecule has 0 aliphatic carbocycles. The molecule has 0 amide bonds. The third-order valence-electron chi connectivity index (χ3n) is 1.64. The Kier molecular flexibility index (Phi) is 3.41. The number of nitro groups is 1. The highest BCUT2D eigenvalue weighted by molar-refractivity contribution is 9.10. The zero-order valence-electron chi connectivity index (χ0n) is 7.84. The van der Waals surface area contributed by atoms with Crippen molar-refractivity contribution >= 4 is 21.6 Å². The summed E-state index contributed by atoms with van der Waals surface area (Å²) >= 11 is 2.82. The molecule has 0 fully saturated rings. The number of ether oxygens (including phenoxy) is 1. The second-order valence-electron chi connectivity index (χ2n) is 2.88. The lowest BCUT2D eigenvalue weighted by Crippen LogP contribution is -2.17. The number of hydrogen-bond donors (Lipinski definition) is 0. The molecule has 0 radical (unpaired) electrons. The van der Waals surface area contributed by atoms with Crippen molar-refractivity contribution in [1.82, 2.24) is 0 Å². The molecule has 4 nitrogen and oxygen atoms in total. The molecule has 1 rings (SSSR count). The monoisotopic (exact) mass is 299 g/mol. The van der Waals surface area contributed by atoms with Gasteiger partial charge in [0.05, 0.1) is 9.40 Å². The molecule has 0 heterocycles. The van der Waals surface area contributed by atoms with Crippen molar-refractivity contribution in [1.29, 1.82) is 0 Å². The van der Waals surface area contributed by atoms with Gasteiger partial charge in [-0.05, 0) is 28.9 Å². The minimum atomic E-state index is -4.82. The topological polar surface area (TPSA) is 52.4 Å². The van der Waals surface area contributed by atoms with Crippen LogP contribution < -0.4 is 4.74 Å². The highest BCUT2D eigenvalue weighted by Crippen LogP contribution is 2.34. The van der Waals surface area contributed by atoms with Gasteiger partial charge in [-0.15, -0.1) is 13.2 Å². The van der Waals surface area contributed by atoms with Crippen LogP contribution in [-0.4, -0.2) is 11.3 Å². The highest BCUT2D eigenvalue weighted by Gasteiger charge is 2.32. The molecule has 1 aromatic rings. The molecule has 0 aliphatic rings. The van der Waals surface area contributed by atoms with Gasteiger partial charge in [0.15, 0.2) is 0 Å². The van der Waals surface area contributed by atoms with E-state index in [4.69, 9.17) is 0 Å². The zero-order chi connectivity index (χ0) is 12.5. The van der Waals surface area contributed by atoms with Crippen molar-refractivity contribution in [2.75, 3.05) is 0 Å². The van der Waals surface area contributed by atoms with Gasteiger partial charge in [0.1, 0.15) is 5.75 Å². The number of rotatable bonds is 2. The van der Waals surface area contributed by atoms with Crippen molar-refractivity contribution in [3.05, 3.63) is 32.3 Å². The Hall–Kier alpha value is -1.31. The number of nitro benzene ring substituents is 1. The summed E-state index contributed by atoms with van der Waals surface area (Å²) in [4.78, 5) is 9.87. The number of halogens is 4. The third kappa shape index (κ3) is 3.09. The number of benzene rings is 1. The zero-order valence-corrected chi connectivity index (χ0v) is 9.42. The van der Waals surface area contributed by atoms with Crippen molar-refractivity contribution in [3.8, 4) is 5.75 Å². The highest BCUT2D eigenvalue weighted by atomic mass is 79.9. The Balaban J connectivity index is 3.15. The average molecular weight is 300 g/mol. The summed E-state index contributed by atoms with van der Waals surface area (Å²) in [5.74, 6) is -0.498. The number of alkyl halides is 3. The van der Waals surface area contributed by atoms with Crippen LogP contribution in [0.25, 0.3) is 0 Å². The minimum absolute atomic E-state index is 0.0586. The van der Waals surface area contributed by atoms with Crippen molar-refractivity contribution in [2.45, 2.75) is 13.3 Å². The van der Waals surface area contributed by atoms with Gasteiger partial charge in [-0.2, -0.15) is 0 Å². The smallest absolute Gasteiger partial charge is 0.406 e. The first-order chi connectivity index (χ1) is 7.20. The maximum absolute atomic E-state index is 11.9. The Morgan fingerprint density at radius 2 is 2.00 bits per heavy atom. The molecule has 0 saturated heterocycles. The number of hydrogen-bond acceptors (Lipinski definition) is 3. The predicted molar refractivity (Wildman–Crippen MR) is 52.2 cm³/mol. The van der Waals surface area contributed by atoms with E-state index in [0.717, 1.165) is 12.1 Å². The summed E-state index contributed by atoms with van der Waals surface area (Å²) in [6, 6.07) is 1.86. The molecule has 88 valence electrons. The van der Waals surface area contributed by atoms with Gasteiger partial charge in [-0.25, -0.2) is 0 Å². The van der Waals surface area contributed by atoms with Gasteiger partial charge >= 0.3 is 6.36 Å². The molecule has 0 aliphatic heterocycles. The summed E-state index contributed by atoms with van der Waals surface area (Å²) in [6.07, 6.45) is -4.82. The standard InChI is InChI=1S/C8H5BrF3NO3/c1-4-2-5(16-8(10,11)12)3-6(9)7(4)13(14)15/h2-3H,1H3. The van der Waals surface area contributed by atoms with Crippen molar-refractivity contribution in [3.63, 3.8) is 0 Å². The van der Waals surface area contributed by atoms with Crippen LogP contribution in [0.5, 0.6) is 5.75 Å². The number of aryl methyl sites for hydroxylation is 1. The van der Waals surface area contributed by atoms with Crippen LogP contribution in [0.1, 0.15) is 5.56 Å². The van der Waals surface area contributed by atoms with Gasteiger partial charge in [0.25, 0.3) is 5.69 Å². The first kappa shape index (κ1) is 12.8. The van der Waals surface area contributed by atoms with Gasteiger partial charge in [-0.3, -0.25) is 10.1 Å². The molecule has 0 saturated carbocycles. The molecule has 0 bridgehead atoms. The maximum Gasteiger partial charge on any atom is 0.573 e. The molecule has 1 aromatic carbocycles. The van der Waals surface area contributed by atoms with E-state index >= 15 is 0 Å². The summed E-state index contributed by atoms with van der Waals surface area (Å²) in [5, 5.41) is 10.6. The van der Waals surface area contributed by atoms with Crippen LogP contribution in [0.4, 0.5) is 18.9 Å². The van der Waals surface area contributed by atoms with E-state index in [1.807, 2.05) is 0 Å². The van der Waals surface area contributed by atoms with Crippen LogP contribution in [0.2, 0.25) is 0 Å². The first-order valence-electron chi connectivity index (χ1n) is 3.91. The fourth-order valence-electron chi connectivity index (χ4n) is 1.13. The van der Waals surface area contributed by atoms with E-state index < -0.39 is 17.0 Å². The lowest BCUT2D eigenvalue weighted by molar-refractivity contribution is -0.386. The third-order valence-corrected chi connectivity index (χ3v) is 2.25. The minimum Gasteiger partial charge on any atom is -0.406 e. The molecule has 0 N–H and O–H groups in total. The van der Waals surface area contributed by atoms with Crippen molar-refractivity contribution < 1.29 is 22.8 Å². The molecular formula is C8H5BrF3NO3. The van der Waals surface area contributed by atoms with E-state index in [1.54, 1.807) is 0 Å². The van der Waals surface area contributed by atoms with Crippen LogP contribution in [0.3, 0.4) is 0 Å². The Morgan fingerprint density at radius 3 is 2.38 bits per heavy atom. The van der Waals surface area contributed by atoms with Crippen LogP contribution in [0, 0.1) is 17.0 Å². The van der Waals surface area contributed by atoms with Gasteiger partial charge in [0.2, 0.25) is 0 Å². The molecule has 0 atom stereocenters. The molecule has 0 aromatic heterocycles.